The minimum Gasteiger partial charge on any atom is -0.477 e. The highest BCUT2D eigenvalue weighted by atomic mass is 32.1. The van der Waals surface area contributed by atoms with Crippen LogP contribution in [0.3, 0.4) is 0 Å². The van der Waals surface area contributed by atoms with Crippen LogP contribution in [0.2, 0.25) is 0 Å². The van der Waals surface area contributed by atoms with Crippen molar-refractivity contribution in [1.29, 1.82) is 0 Å². The van der Waals surface area contributed by atoms with Gasteiger partial charge in [0.2, 0.25) is 7.37 Å². The van der Waals surface area contributed by atoms with E-state index in [1.165, 1.54) is 0 Å². The zero-order valence-corrected chi connectivity index (χ0v) is 11.0. The van der Waals surface area contributed by atoms with E-state index in [2.05, 4.69) is 0 Å². The van der Waals surface area contributed by atoms with E-state index in [1.807, 2.05) is 0 Å². The Labute approximate surface area is 108 Å². The molecule has 0 amide bonds. The minimum atomic E-state index is -3.56. The Morgan fingerprint density at radius 2 is 1.89 bits per heavy atom. The molecule has 18 heavy (non-hydrogen) atoms. The van der Waals surface area contributed by atoms with Crippen LogP contribution in [-0.2, 0) is 10.7 Å². The number of hydrogen-bond donors (Lipinski definition) is 2. The molecule has 2 rings (SSSR count). The first kappa shape index (κ1) is 13.0. The van der Waals surface area contributed by atoms with Gasteiger partial charge in [0.05, 0.1) is 6.16 Å². The number of benzene rings is 1. The fraction of sp³-hybridized carbons (Fsp3) is 0.0833. The summed E-state index contributed by atoms with van der Waals surface area (Å²) in [6.45, 7) is 0. The third-order valence-corrected chi connectivity index (χ3v) is 5.30. The number of carbonyl (C=O) groups is 1. The molecule has 2 aromatic rings. The van der Waals surface area contributed by atoms with Crippen LogP contribution < -0.4 is 5.30 Å². The van der Waals surface area contributed by atoms with E-state index in [9.17, 15) is 14.3 Å². The van der Waals surface area contributed by atoms with E-state index in [-0.39, 0.29) is 11.0 Å². The van der Waals surface area contributed by atoms with Crippen molar-refractivity contribution in [3.8, 4) is 0 Å². The van der Waals surface area contributed by atoms with Crippen LogP contribution in [0.25, 0.3) is 0 Å². The molecule has 0 bridgehead atoms. The smallest absolute Gasteiger partial charge is 0.346 e. The van der Waals surface area contributed by atoms with Crippen LogP contribution in [0.4, 0.5) is 0 Å². The molecular formula is C12H11O4PS. The van der Waals surface area contributed by atoms with Crippen molar-refractivity contribution >= 4 is 30.0 Å². The molecule has 0 aliphatic carbocycles. The Kier molecular flexibility index (Phi) is 3.66. The van der Waals surface area contributed by atoms with Crippen molar-refractivity contribution in [2.75, 3.05) is 0 Å². The number of aromatic carboxylic acids is 1. The van der Waals surface area contributed by atoms with Crippen LogP contribution in [0.5, 0.6) is 0 Å². The summed E-state index contributed by atoms with van der Waals surface area (Å²) in [5, 5.41) is 10.9. The largest absolute Gasteiger partial charge is 0.477 e. The highest BCUT2D eigenvalue weighted by Gasteiger charge is 2.25. The Bertz CT molecular complexity index is 606. The summed E-state index contributed by atoms with van der Waals surface area (Å²) in [6.07, 6.45) is -0.151. The number of carboxylic acids is 1. The van der Waals surface area contributed by atoms with Gasteiger partial charge in [-0.15, -0.1) is 11.3 Å². The molecular weight excluding hydrogens is 271 g/mol. The van der Waals surface area contributed by atoms with E-state index in [1.54, 1.807) is 41.8 Å². The second kappa shape index (κ2) is 5.06. The van der Waals surface area contributed by atoms with Crippen LogP contribution in [0.1, 0.15) is 15.2 Å². The predicted octanol–water partition coefficient (Wildman–Crippen LogP) is 2.54. The summed E-state index contributed by atoms with van der Waals surface area (Å²) in [6, 6.07) is 9.87. The SMILES string of the molecule is O=C(O)c1sccc1CP(=O)(O)c1ccccc1. The molecule has 1 aromatic carbocycles. The van der Waals surface area contributed by atoms with Crippen molar-refractivity contribution < 1.29 is 19.4 Å². The number of thiophene rings is 1. The Balaban J connectivity index is 2.31. The Morgan fingerprint density at radius 3 is 2.50 bits per heavy atom. The van der Waals surface area contributed by atoms with E-state index >= 15 is 0 Å². The quantitative estimate of drug-likeness (QED) is 0.845. The lowest BCUT2D eigenvalue weighted by Gasteiger charge is -2.11. The molecule has 0 saturated heterocycles. The Hall–Kier alpha value is -1.42. The van der Waals surface area contributed by atoms with Crippen molar-refractivity contribution in [2.24, 2.45) is 0 Å². The number of rotatable bonds is 4. The zero-order chi connectivity index (χ0) is 13.2. The lowest BCUT2D eigenvalue weighted by Crippen LogP contribution is -2.07. The van der Waals surface area contributed by atoms with Gasteiger partial charge in [-0.25, -0.2) is 4.79 Å². The van der Waals surface area contributed by atoms with Crippen LogP contribution in [0.15, 0.2) is 41.8 Å². The first-order chi connectivity index (χ1) is 8.50. The molecule has 0 aliphatic heterocycles. The molecule has 0 radical (unpaired) electrons. The second-order valence-electron chi connectivity index (χ2n) is 3.78. The highest BCUT2D eigenvalue weighted by molar-refractivity contribution is 7.65. The van der Waals surface area contributed by atoms with Gasteiger partial charge < -0.3 is 10.00 Å². The average Bonchev–Trinajstić information content (AvgIpc) is 2.78. The maximum atomic E-state index is 12.2. The molecule has 6 heteroatoms. The van der Waals surface area contributed by atoms with Crippen LogP contribution >= 0.6 is 18.7 Å². The average molecular weight is 282 g/mol. The molecule has 2 N–H and O–H groups in total. The van der Waals surface area contributed by atoms with Gasteiger partial charge in [0.25, 0.3) is 0 Å². The molecule has 0 spiro atoms. The third kappa shape index (κ3) is 2.70. The molecule has 1 atom stereocenters. The van der Waals surface area contributed by atoms with Crippen molar-refractivity contribution in [2.45, 2.75) is 6.16 Å². The van der Waals surface area contributed by atoms with Gasteiger partial charge in [0.1, 0.15) is 4.88 Å². The normalized spacial score (nSPS) is 14.1. The standard InChI is InChI=1S/C12H11O4PS/c13-12(14)11-9(6-7-18-11)8-17(15,16)10-4-2-1-3-5-10/h1-7H,8H2,(H,13,14)(H,15,16). The molecule has 0 saturated carbocycles. The fourth-order valence-electron chi connectivity index (χ4n) is 1.63. The molecule has 4 nitrogen and oxygen atoms in total. The van der Waals surface area contributed by atoms with Gasteiger partial charge in [0, 0.05) is 5.30 Å². The van der Waals surface area contributed by atoms with Gasteiger partial charge in [-0.3, -0.25) is 4.57 Å². The highest BCUT2D eigenvalue weighted by Crippen LogP contribution is 2.44. The van der Waals surface area contributed by atoms with E-state index in [4.69, 9.17) is 5.11 Å². The van der Waals surface area contributed by atoms with Crippen molar-refractivity contribution in [3.63, 3.8) is 0 Å². The maximum absolute atomic E-state index is 12.2. The molecule has 94 valence electrons. The summed E-state index contributed by atoms with van der Waals surface area (Å²) >= 11 is 1.06. The molecule has 1 heterocycles. The van der Waals surface area contributed by atoms with Gasteiger partial charge >= 0.3 is 5.97 Å². The number of carboxylic acid groups (broad SMARTS) is 1. The van der Waals surface area contributed by atoms with E-state index in [0.29, 0.717) is 10.9 Å². The second-order valence-corrected chi connectivity index (χ2v) is 6.93. The molecule has 0 fully saturated rings. The lowest BCUT2D eigenvalue weighted by molar-refractivity contribution is 0.0701. The maximum Gasteiger partial charge on any atom is 0.346 e. The summed E-state index contributed by atoms with van der Waals surface area (Å²) in [5.74, 6) is -1.06. The van der Waals surface area contributed by atoms with E-state index in [0.717, 1.165) is 11.3 Å². The monoisotopic (exact) mass is 282 g/mol. The summed E-state index contributed by atoms with van der Waals surface area (Å²) in [5.41, 5.74) is 0.405. The van der Waals surface area contributed by atoms with Crippen LogP contribution in [0, 0.1) is 0 Å². The zero-order valence-electron chi connectivity index (χ0n) is 9.31. The van der Waals surface area contributed by atoms with Gasteiger partial charge in [0.15, 0.2) is 0 Å². The Morgan fingerprint density at radius 1 is 1.22 bits per heavy atom. The summed E-state index contributed by atoms with van der Waals surface area (Å²) in [4.78, 5) is 21.1. The minimum absolute atomic E-state index is 0.125. The fourth-order valence-corrected chi connectivity index (χ4v) is 4.04. The van der Waals surface area contributed by atoms with Crippen molar-refractivity contribution in [1.82, 2.24) is 0 Å². The van der Waals surface area contributed by atoms with Crippen LogP contribution in [-0.4, -0.2) is 16.0 Å². The molecule has 0 aliphatic rings. The summed E-state index contributed by atoms with van der Waals surface area (Å²) in [7, 11) is -3.56. The topological polar surface area (TPSA) is 74.6 Å². The third-order valence-electron chi connectivity index (χ3n) is 2.49. The van der Waals surface area contributed by atoms with Gasteiger partial charge in [-0.2, -0.15) is 0 Å². The predicted molar refractivity (Wildman–Crippen MR) is 70.9 cm³/mol. The lowest BCUT2D eigenvalue weighted by atomic mass is 10.3. The first-order valence-electron chi connectivity index (χ1n) is 5.18. The van der Waals surface area contributed by atoms with E-state index < -0.39 is 13.3 Å². The molecule has 1 unspecified atom stereocenters. The molecule has 1 aromatic heterocycles. The van der Waals surface area contributed by atoms with Gasteiger partial charge in [-0.1, -0.05) is 18.2 Å². The van der Waals surface area contributed by atoms with Crippen molar-refractivity contribution in [3.05, 3.63) is 52.2 Å². The first-order valence-corrected chi connectivity index (χ1v) is 7.90. The summed E-state index contributed by atoms with van der Waals surface area (Å²) < 4.78 is 12.2. The number of hydrogen-bond acceptors (Lipinski definition) is 3. The van der Waals surface area contributed by atoms with Gasteiger partial charge in [-0.05, 0) is 29.1 Å².